The Morgan fingerprint density at radius 2 is 1.84 bits per heavy atom. The molecule has 0 radical (unpaired) electrons. The molecule has 0 spiro atoms. The van der Waals surface area contributed by atoms with E-state index in [1.165, 1.54) is 27.9 Å². The Kier molecular flexibility index (Phi) is 8.21. The molecule has 2 aliphatic carbocycles. The van der Waals surface area contributed by atoms with Crippen LogP contribution in [0.4, 0.5) is 0 Å². The Balaban J connectivity index is 0.000000163. The summed E-state index contributed by atoms with van der Waals surface area (Å²) in [5.74, 6) is 1.45. The molecule has 2 aliphatic heterocycles. The van der Waals surface area contributed by atoms with Crippen molar-refractivity contribution in [2.24, 2.45) is 5.92 Å². The average molecular weight is 584 g/mol. The summed E-state index contributed by atoms with van der Waals surface area (Å²) >= 11 is 0. The molecule has 7 rings (SSSR count). The maximum atomic E-state index is 11.6. The third kappa shape index (κ3) is 5.76. The fourth-order valence-electron chi connectivity index (χ4n) is 6.52. The highest BCUT2D eigenvalue weighted by Gasteiger charge is 2.33. The zero-order chi connectivity index (χ0) is 30.1. The first-order valence-electron chi connectivity index (χ1n) is 14.9. The zero-order valence-corrected chi connectivity index (χ0v) is 24.9. The number of carboxylic acids is 1. The summed E-state index contributed by atoms with van der Waals surface area (Å²) in [6, 6.07) is 14.0. The number of aryl methyl sites for hydroxylation is 2. The first-order valence-corrected chi connectivity index (χ1v) is 14.9. The summed E-state index contributed by atoms with van der Waals surface area (Å²) in [6.07, 6.45) is 9.50. The average Bonchev–Trinajstić information content (AvgIpc) is 3.66. The number of carbonyl (C=O) groups excluding carboxylic acids is 2. The van der Waals surface area contributed by atoms with Gasteiger partial charge in [0.15, 0.2) is 24.2 Å². The van der Waals surface area contributed by atoms with E-state index in [1.807, 2.05) is 24.3 Å². The molecule has 4 aliphatic rings. The molecule has 0 N–H and O–H groups in total. The van der Waals surface area contributed by atoms with Gasteiger partial charge in [0.25, 0.3) is 0 Å². The monoisotopic (exact) mass is 583 g/mol. The lowest BCUT2D eigenvalue weighted by Gasteiger charge is -2.25. The molecule has 3 atom stereocenters. The first-order chi connectivity index (χ1) is 20.9. The van der Waals surface area contributed by atoms with Crippen molar-refractivity contribution in [3.63, 3.8) is 0 Å². The molecule has 3 heterocycles. The highest BCUT2D eigenvalue weighted by atomic mass is 16.7. The Morgan fingerprint density at radius 1 is 1.07 bits per heavy atom. The molecule has 224 valence electrons. The van der Waals surface area contributed by atoms with Gasteiger partial charge in [0.05, 0.1) is 18.2 Å². The molecular weight excluding hydrogens is 546 g/mol. The summed E-state index contributed by atoms with van der Waals surface area (Å²) < 4.78 is 24.6. The summed E-state index contributed by atoms with van der Waals surface area (Å²) in [7, 11) is 3.43. The van der Waals surface area contributed by atoms with Gasteiger partial charge < -0.3 is 28.8 Å². The number of benzene rings is 2. The molecule has 1 aromatic heterocycles. The van der Waals surface area contributed by atoms with Crippen molar-refractivity contribution in [3.8, 4) is 22.8 Å². The Hall–Kier alpha value is -4.17. The number of ketones is 1. The summed E-state index contributed by atoms with van der Waals surface area (Å²) in [6.45, 7) is 2.87. The van der Waals surface area contributed by atoms with Gasteiger partial charge in [-0.2, -0.15) is 4.57 Å². The molecule has 43 heavy (non-hydrogen) atoms. The minimum absolute atomic E-state index is 0.135. The van der Waals surface area contributed by atoms with Crippen LogP contribution >= 0.6 is 0 Å². The fourth-order valence-corrected chi connectivity index (χ4v) is 6.52. The molecule has 0 amide bonds. The summed E-state index contributed by atoms with van der Waals surface area (Å²) in [5.41, 5.74) is 8.09. The number of carbonyl (C=O) groups is 2. The second-order valence-corrected chi connectivity index (χ2v) is 11.6. The highest BCUT2D eigenvalue weighted by Crippen LogP contribution is 2.41. The van der Waals surface area contributed by atoms with Gasteiger partial charge in [-0.25, -0.2) is 0 Å². The topological polar surface area (TPSA) is 98.0 Å². The van der Waals surface area contributed by atoms with Crippen molar-refractivity contribution < 1.29 is 38.2 Å². The number of nitrogens with zero attached hydrogens (tertiary/aromatic N) is 1. The second kappa shape index (κ2) is 12.2. The molecule has 3 unspecified atom stereocenters. The van der Waals surface area contributed by atoms with Crippen molar-refractivity contribution in [1.82, 2.24) is 0 Å². The number of fused-ring (bicyclic) bond motifs is 5. The van der Waals surface area contributed by atoms with Crippen LogP contribution in [0.25, 0.3) is 11.3 Å². The maximum Gasteiger partial charge on any atom is 0.231 e. The van der Waals surface area contributed by atoms with Crippen LogP contribution in [0.5, 0.6) is 11.5 Å². The highest BCUT2D eigenvalue weighted by molar-refractivity contribution is 5.83. The number of rotatable bonds is 6. The van der Waals surface area contributed by atoms with Crippen molar-refractivity contribution in [2.75, 3.05) is 21.0 Å². The molecule has 2 aromatic carbocycles. The summed E-state index contributed by atoms with van der Waals surface area (Å²) in [4.78, 5) is 22.3. The molecule has 0 saturated heterocycles. The number of pyridine rings is 1. The third-order valence-electron chi connectivity index (χ3n) is 9.06. The first kappa shape index (κ1) is 28.9. The number of aromatic nitrogens is 1. The van der Waals surface area contributed by atoms with Gasteiger partial charge in [-0.3, -0.25) is 4.79 Å². The minimum atomic E-state index is -1.06. The van der Waals surface area contributed by atoms with E-state index in [0.717, 1.165) is 67.0 Å². The van der Waals surface area contributed by atoms with Crippen LogP contribution in [0.3, 0.4) is 0 Å². The fraction of sp³-hybridized carbons (Fsp3) is 0.400. The normalized spacial score (nSPS) is 20.2. The molecule has 8 nitrogen and oxygen atoms in total. The van der Waals surface area contributed by atoms with Crippen molar-refractivity contribution in [2.45, 2.75) is 64.0 Å². The quantitative estimate of drug-likeness (QED) is 0.402. The van der Waals surface area contributed by atoms with E-state index in [9.17, 15) is 14.7 Å². The number of methoxy groups -OCH3 is 2. The number of aliphatic carboxylic acids is 1. The Labute approximate surface area is 251 Å². The largest absolute Gasteiger partial charge is 0.550 e. The van der Waals surface area contributed by atoms with Crippen LogP contribution in [-0.2, 0) is 44.9 Å². The molecule has 8 heteroatoms. The predicted molar refractivity (Wildman–Crippen MR) is 156 cm³/mol. The maximum absolute atomic E-state index is 11.6. The smallest absolute Gasteiger partial charge is 0.231 e. The van der Waals surface area contributed by atoms with Crippen LogP contribution in [0.15, 0.2) is 60.5 Å². The van der Waals surface area contributed by atoms with Crippen LogP contribution in [0.2, 0.25) is 0 Å². The van der Waals surface area contributed by atoms with Crippen molar-refractivity contribution in [3.05, 3.63) is 88.3 Å². The van der Waals surface area contributed by atoms with E-state index < -0.39 is 11.9 Å². The van der Waals surface area contributed by atoms with Crippen LogP contribution in [-0.4, -0.2) is 32.8 Å². The summed E-state index contributed by atoms with van der Waals surface area (Å²) in [5, 5.41) is 10.8. The number of Topliss-reactive ketones (excluding diaryl/α,β-unsaturated/α-hetero) is 1. The van der Waals surface area contributed by atoms with Gasteiger partial charge in [0, 0.05) is 43.8 Å². The molecular formula is C35H37NO7. The number of carboxylic acid groups (broad SMARTS) is 1. The van der Waals surface area contributed by atoms with E-state index in [2.05, 4.69) is 35.0 Å². The Morgan fingerprint density at radius 3 is 2.51 bits per heavy atom. The zero-order valence-electron chi connectivity index (χ0n) is 24.9. The standard InChI is InChI=1S/C20H20NO4.C15H18O3/c1-22-17-4-3-12-7-16-14-9-19-18(24-11-25-19)8-13(14)5-6-21(16)10-15(12)20(17)23-2;1-10(15(17)18)12-7-5-11(6-8-12)9-13-3-2-4-14(13)16/h4,7-10,20H,3,5-6,11H2,1-2H3;5-8,10,13H,2-4,9H2,1H3,(H,17,18)/q+1;/p-1. The minimum Gasteiger partial charge on any atom is -0.550 e. The molecule has 0 bridgehead atoms. The van der Waals surface area contributed by atoms with Crippen LogP contribution < -0.4 is 19.1 Å². The van der Waals surface area contributed by atoms with Gasteiger partial charge in [-0.15, -0.1) is 0 Å². The van der Waals surface area contributed by atoms with E-state index in [0.29, 0.717) is 19.0 Å². The lowest BCUT2D eigenvalue weighted by atomic mass is 9.90. The van der Waals surface area contributed by atoms with Crippen LogP contribution in [0.1, 0.15) is 66.0 Å². The number of ether oxygens (including phenoxy) is 4. The van der Waals surface area contributed by atoms with Crippen LogP contribution in [0, 0.1) is 5.92 Å². The second-order valence-electron chi connectivity index (χ2n) is 11.6. The van der Waals surface area contributed by atoms with Gasteiger partial charge in [0.1, 0.15) is 17.6 Å². The van der Waals surface area contributed by atoms with Gasteiger partial charge in [-0.1, -0.05) is 31.2 Å². The number of hydrogen-bond donors (Lipinski definition) is 0. The molecule has 1 fully saturated rings. The molecule has 1 saturated carbocycles. The SMILES string of the molecule is CC(C(=O)[O-])c1ccc(CC2CCCC2=O)cc1.COC1=CCc2cc3[n+](cc2C1OC)CCc1cc2c(cc1-3)OCO2. The van der Waals surface area contributed by atoms with E-state index in [1.54, 1.807) is 21.1 Å². The lowest BCUT2D eigenvalue weighted by Crippen LogP contribution is -2.41. The van der Waals surface area contributed by atoms with Gasteiger partial charge in [-0.05, 0) is 66.1 Å². The third-order valence-corrected chi connectivity index (χ3v) is 9.06. The lowest BCUT2D eigenvalue weighted by molar-refractivity contribution is -0.688. The Bertz CT molecular complexity index is 1580. The number of hydrogen-bond acceptors (Lipinski definition) is 7. The van der Waals surface area contributed by atoms with Gasteiger partial charge >= 0.3 is 0 Å². The number of allylic oxidation sites excluding steroid dienone is 1. The van der Waals surface area contributed by atoms with Gasteiger partial charge in [0.2, 0.25) is 12.5 Å². The predicted octanol–water partition coefficient (Wildman–Crippen LogP) is 4.15. The van der Waals surface area contributed by atoms with E-state index >= 15 is 0 Å². The van der Waals surface area contributed by atoms with Crippen molar-refractivity contribution in [1.29, 1.82) is 0 Å². The van der Waals surface area contributed by atoms with E-state index in [-0.39, 0.29) is 12.0 Å². The van der Waals surface area contributed by atoms with Crippen molar-refractivity contribution >= 4 is 11.8 Å². The van der Waals surface area contributed by atoms with E-state index in [4.69, 9.17) is 18.9 Å². The molecule has 3 aromatic rings.